The smallest absolute Gasteiger partial charge is 0.340 e. The van der Waals surface area contributed by atoms with Gasteiger partial charge < -0.3 is 23.6 Å². The third-order valence-corrected chi connectivity index (χ3v) is 6.22. The first-order chi connectivity index (χ1) is 15.7. The summed E-state index contributed by atoms with van der Waals surface area (Å²) in [6, 6.07) is 7.41. The minimum atomic E-state index is -0.510. The van der Waals surface area contributed by atoms with Crippen LogP contribution in [0.2, 0.25) is 0 Å². The fourth-order valence-electron chi connectivity index (χ4n) is 4.11. The molecule has 0 atom stereocenters. The summed E-state index contributed by atoms with van der Waals surface area (Å²) in [6.45, 7) is 7.94. The molecule has 0 spiro atoms. The molecule has 4 rings (SSSR count). The number of amides is 1. The maximum absolute atomic E-state index is 12.8. The zero-order chi connectivity index (χ0) is 23.9. The number of ether oxygens (including phenoxy) is 2. The van der Waals surface area contributed by atoms with Gasteiger partial charge in [0.25, 0.3) is 0 Å². The second kappa shape index (κ2) is 8.65. The highest BCUT2D eigenvalue weighted by Gasteiger charge is 2.20. The van der Waals surface area contributed by atoms with E-state index in [1.54, 1.807) is 26.4 Å². The fraction of sp³-hybridized carbons (Fsp3) is 0.308. The van der Waals surface area contributed by atoms with E-state index in [1.165, 1.54) is 0 Å². The zero-order valence-electron chi connectivity index (χ0n) is 19.7. The van der Waals surface area contributed by atoms with E-state index in [9.17, 15) is 9.59 Å². The van der Waals surface area contributed by atoms with Gasteiger partial charge in [-0.25, -0.2) is 4.79 Å². The molecular weight excluding hydrogens is 422 g/mol. The summed E-state index contributed by atoms with van der Waals surface area (Å²) in [4.78, 5) is 25.4. The van der Waals surface area contributed by atoms with Gasteiger partial charge in [-0.15, -0.1) is 0 Å². The van der Waals surface area contributed by atoms with Crippen molar-refractivity contribution < 1.29 is 23.1 Å². The van der Waals surface area contributed by atoms with Crippen LogP contribution in [0.15, 0.2) is 37.9 Å². The standard InChI is InChI=1S/C26H27NO6/c1-13-16(4)32-24-15(3)25-19(10-18(13)24)14(2)20(26(29)33-25)11-23(28)27-12-17-7-8-21(30-5)22(9-17)31-6/h7-10H,11-12H2,1-6H3,(H,27,28). The lowest BCUT2D eigenvalue weighted by molar-refractivity contribution is -0.120. The normalized spacial score (nSPS) is 11.2. The van der Waals surface area contributed by atoms with Crippen LogP contribution in [0.5, 0.6) is 11.5 Å². The molecule has 4 aromatic rings. The molecule has 0 aliphatic rings. The van der Waals surface area contributed by atoms with Crippen LogP contribution in [0.1, 0.15) is 33.6 Å². The fourth-order valence-corrected chi connectivity index (χ4v) is 4.11. The first-order valence-electron chi connectivity index (χ1n) is 10.7. The number of methoxy groups -OCH3 is 2. The minimum Gasteiger partial charge on any atom is -0.493 e. The third-order valence-electron chi connectivity index (χ3n) is 6.22. The van der Waals surface area contributed by atoms with E-state index in [1.807, 2.05) is 39.8 Å². The molecule has 0 radical (unpaired) electrons. The molecule has 0 fully saturated rings. The van der Waals surface area contributed by atoms with E-state index in [4.69, 9.17) is 18.3 Å². The number of hydrogen-bond acceptors (Lipinski definition) is 6. The van der Waals surface area contributed by atoms with Gasteiger partial charge in [-0.2, -0.15) is 0 Å². The first-order valence-corrected chi connectivity index (χ1v) is 10.7. The minimum absolute atomic E-state index is 0.0715. The Morgan fingerprint density at radius 1 is 0.879 bits per heavy atom. The second-order valence-electron chi connectivity index (χ2n) is 8.17. The van der Waals surface area contributed by atoms with E-state index in [0.717, 1.165) is 44.4 Å². The highest BCUT2D eigenvalue weighted by molar-refractivity contribution is 6.00. The summed E-state index contributed by atoms with van der Waals surface area (Å²) in [5.74, 6) is 1.76. The Morgan fingerprint density at radius 2 is 1.55 bits per heavy atom. The molecule has 172 valence electrons. The second-order valence-corrected chi connectivity index (χ2v) is 8.17. The van der Waals surface area contributed by atoms with Crippen molar-refractivity contribution >= 4 is 27.8 Å². The van der Waals surface area contributed by atoms with Crippen molar-refractivity contribution in [3.05, 3.63) is 68.3 Å². The maximum atomic E-state index is 12.8. The predicted molar refractivity (Wildman–Crippen MR) is 126 cm³/mol. The Balaban J connectivity index is 1.62. The van der Waals surface area contributed by atoms with Gasteiger partial charge in [-0.1, -0.05) is 6.07 Å². The molecule has 1 N–H and O–H groups in total. The molecule has 0 bridgehead atoms. The van der Waals surface area contributed by atoms with Crippen LogP contribution in [-0.2, 0) is 17.8 Å². The van der Waals surface area contributed by atoms with E-state index < -0.39 is 5.63 Å². The van der Waals surface area contributed by atoms with Crippen LogP contribution >= 0.6 is 0 Å². The largest absolute Gasteiger partial charge is 0.493 e. The molecule has 2 aromatic heterocycles. The molecular formula is C26H27NO6. The number of carbonyl (C=O) groups excluding carboxylic acids is 1. The Labute approximate surface area is 191 Å². The molecule has 7 nitrogen and oxygen atoms in total. The lowest BCUT2D eigenvalue weighted by atomic mass is 9.98. The maximum Gasteiger partial charge on any atom is 0.340 e. The Bertz CT molecular complexity index is 1440. The highest BCUT2D eigenvalue weighted by Crippen LogP contribution is 2.34. The van der Waals surface area contributed by atoms with Crippen molar-refractivity contribution in [2.24, 2.45) is 0 Å². The molecule has 7 heteroatoms. The van der Waals surface area contributed by atoms with Crippen LogP contribution in [0, 0.1) is 27.7 Å². The van der Waals surface area contributed by atoms with Crippen molar-refractivity contribution in [1.29, 1.82) is 0 Å². The highest BCUT2D eigenvalue weighted by atomic mass is 16.5. The summed E-state index contributed by atoms with van der Waals surface area (Å²) in [6.07, 6.45) is -0.0715. The Hall–Kier alpha value is -3.74. The van der Waals surface area contributed by atoms with Gasteiger partial charge in [0.05, 0.1) is 26.2 Å². The molecule has 0 saturated carbocycles. The molecule has 0 aliphatic heterocycles. The summed E-state index contributed by atoms with van der Waals surface area (Å²) in [5, 5.41) is 4.66. The van der Waals surface area contributed by atoms with Gasteiger partial charge in [0.15, 0.2) is 11.5 Å². The topological polar surface area (TPSA) is 90.9 Å². The number of nitrogens with one attached hydrogen (secondary N) is 1. The molecule has 33 heavy (non-hydrogen) atoms. The number of carbonyl (C=O) groups is 1. The van der Waals surface area contributed by atoms with Crippen LogP contribution < -0.4 is 20.4 Å². The summed E-state index contributed by atoms with van der Waals surface area (Å²) in [5.41, 5.74) is 4.48. The molecule has 1 amide bonds. The predicted octanol–water partition coefficient (Wildman–Crippen LogP) is 4.65. The van der Waals surface area contributed by atoms with Crippen LogP contribution in [-0.4, -0.2) is 20.1 Å². The average molecular weight is 450 g/mol. The van der Waals surface area contributed by atoms with Crippen molar-refractivity contribution in [2.45, 2.75) is 40.7 Å². The Morgan fingerprint density at radius 3 is 2.24 bits per heavy atom. The van der Waals surface area contributed by atoms with Gasteiger partial charge in [0.1, 0.15) is 16.9 Å². The van der Waals surface area contributed by atoms with Gasteiger partial charge in [0.2, 0.25) is 5.91 Å². The summed E-state index contributed by atoms with van der Waals surface area (Å²) >= 11 is 0. The zero-order valence-corrected chi connectivity index (χ0v) is 19.7. The number of rotatable bonds is 6. The van der Waals surface area contributed by atoms with Crippen molar-refractivity contribution in [1.82, 2.24) is 5.32 Å². The van der Waals surface area contributed by atoms with E-state index in [0.29, 0.717) is 29.2 Å². The van der Waals surface area contributed by atoms with Gasteiger partial charge in [0, 0.05) is 22.9 Å². The monoisotopic (exact) mass is 449 g/mol. The van der Waals surface area contributed by atoms with Crippen LogP contribution in [0.4, 0.5) is 0 Å². The van der Waals surface area contributed by atoms with E-state index in [2.05, 4.69) is 5.32 Å². The molecule has 2 heterocycles. The quantitative estimate of drug-likeness (QED) is 0.431. The lowest BCUT2D eigenvalue weighted by Crippen LogP contribution is -2.27. The van der Waals surface area contributed by atoms with Crippen molar-refractivity contribution in [3.8, 4) is 11.5 Å². The van der Waals surface area contributed by atoms with Crippen molar-refractivity contribution in [3.63, 3.8) is 0 Å². The first kappa shape index (κ1) is 22.5. The number of benzene rings is 2. The number of fused-ring (bicyclic) bond motifs is 2. The van der Waals surface area contributed by atoms with Crippen molar-refractivity contribution in [2.75, 3.05) is 14.2 Å². The van der Waals surface area contributed by atoms with Gasteiger partial charge >= 0.3 is 5.63 Å². The number of hydrogen-bond donors (Lipinski definition) is 1. The SMILES string of the molecule is COc1ccc(CNC(=O)Cc2c(C)c3cc4c(C)c(C)oc4c(C)c3oc2=O)cc1OC. The van der Waals surface area contributed by atoms with Crippen LogP contribution in [0.25, 0.3) is 21.9 Å². The average Bonchev–Trinajstić information content (AvgIpc) is 3.10. The summed E-state index contributed by atoms with van der Waals surface area (Å²) in [7, 11) is 3.13. The summed E-state index contributed by atoms with van der Waals surface area (Å²) < 4.78 is 22.1. The molecule has 0 unspecified atom stereocenters. The number of aryl methyl sites for hydroxylation is 4. The third kappa shape index (κ3) is 3.95. The van der Waals surface area contributed by atoms with Gasteiger partial charge in [-0.3, -0.25) is 4.79 Å². The Kier molecular flexibility index (Phi) is 5.89. The van der Waals surface area contributed by atoms with Gasteiger partial charge in [-0.05, 0) is 62.6 Å². The van der Waals surface area contributed by atoms with Crippen LogP contribution in [0.3, 0.4) is 0 Å². The number of furan rings is 1. The van der Waals surface area contributed by atoms with E-state index >= 15 is 0 Å². The molecule has 0 saturated heterocycles. The van der Waals surface area contributed by atoms with E-state index in [-0.39, 0.29) is 12.3 Å². The molecule has 2 aromatic carbocycles. The lowest BCUT2D eigenvalue weighted by Gasteiger charge is -2.12. The molecule has 0 aliphatic carbocycles.